The lowest BCUT2D eigenvalue weighted by atomic mass is 9.94. The summed E-state index contributed by atoms with van der Waals surface area (Å²) in [7, 11) is 0. The van der Waals surface area contributed by atoms with E-state index in [9.17, 15) is 9.18 Å². The largest absolute Gasteiger partial charge is 0.334 e. The van der Waals surface area contributed by atoms with E-state index in [-0.39, 0.29) is 23.6 Å². The summed E-state index contributed by atoms with van der Waals surface area (Å²) in [6.07, 6.45) is 1.99. The first-order valence-corrected chi connectivity index (χ1v) is 12.3. The molecule has 1 aliphatic rings. The number of amides is 2. The van der Waals surface area contributed by atoms with Crippen molar-refractivity contribution < 1.29 is 13.7 Å². The molecule has 2 heterocycles. The molecule has 0 bridgehead atoms. The van der Waals surface area contributed by atoms with Gasteiger partial charge in [0.15, 0.2) is 0 Å². The number of hydrogen-bond donors (Lipinski definition) is 1. The van der Waals surface area contributed by atoms with E-state index in [0.717, 1.165) is 21.7 Å². The molecular formula is C27H23FN4O2S. The van der Waals surface area contributed by atoms with Crippen LogP contribution >= 0.6 is 11.8 Å². The lowest BCUT2D eigenvalue weighted by Crippen LogP contribution is -2.46. The van der Waals surface area contributed by atoms with Gasteiger partial charge in [-0.2, -0.15) is 4.98 Å². The number of aryl methyl sites for hydroxylation is 1. The van der Waals surface area contributed by atoms with Crippen LogP contribution in [0.4, 0.5) is 14.9 Å². The molecule has 0 saturated heterocycles. The molecule has 1 aromatic heterocycles. The van der Waals surface area contributed by atoms with Crippen LogP contribution in [0, 0.1) is 12.7 Å². The molecule has 1 N–H and O–H groups in total. The number of rotatable bonds is 5. The highest BCUT2D eigenvalue weighted by molar-refractivity contribution is 7.98. The number of benzene rings is 3. The van der Waals surface area contributed by atoms with Gasteiger partial charge >= 0.3 is 6.03 Å². The van der Waals surface area contributed by atoms with E-state index in [1.807, 2.05) is 68.6 Å². The number of nitrogens with zero attached hydrogens (tertiary/aromatic N) is 3. The van der Waals surface area contributed by atoms with Gasteiger partial charge in [-0.25, -0.2) is 9.18 Å². The fourth-order valence-corrected chi connectivity index (χ4v) is 4.62. The minimum absolute atomic E-state index is 0.250. The minimum atomic E-state index is -0.496. The first-order chi connectivity index (χ1) is 16.9. The third kappa shape index (κ3) is 4.44. The van der Waals surface area contributed by atoms with Crippen molar-refractivity contribution in [3.63, 3.8) is 0 Å². The average molecular weight is 487 g/mol. The van der Waals surface area contributed by atoms with E-state index >= 15 is 0 Å². The predicted octanol–water partition coefficient (Wildman–Crippen LogP) is 6.61. The molecule has 3 aromatic carbocycles. The molecule has 2 amide bonds. The second-order valence-electron chi connectivity index (χ2n) is 8.26. The summed E-state index contributed by atoms with van der Waals surface area (Å²) in [6, 6.07) is 21.0. The van der Waals surface area contributed by atoms with Crippen LogP contribution in [-0.2, 0) is 0 Å². The second-order valence-corrected chi connectivity index (χ2v) is 9.14. The van der Waals surface area contributed by atoms with Crippen LogP contribution in [0.15, 0.2) is 87.9 Å². The van der Waals surface area contributed by atoms with E-state index in [0.29, 0.717) is 16.8 Å². The Kier molecular flexibility index (Phi) is 6.13. The van der Waals surface area contributed by atoms with Crippen LogP contribution in [0.5, 0.6) is 0 Å². The number of allylic oxidation sites excluding steroid dienone is 1. The number of urea groups is 1. The first-order valence-electron chi connectivity index (χ1n) is 11.1. The Morgan fingerprint density at radius 3 is 2.54 bits per heavy atom. The number of carbonyl (C=O) groups excluding carboxylic acids is 1. The van der Waals surface area contributed by atoms with Crippen molar-refractivity contribution in [2.24, 2.45) is 0 Å². The number of hydrogen-bond acceptors (Lipinski definition) is 5. The molecule has 0 saturated carbocycles. The van der Waals surface area contributed by atoms with Crippen molar-refractivity contribution in [1.82, 2.24) is 15.5 Å². The highest BCUT2D eigenvalue weighted by atomic mass is 32.2. The summed E-state index contributed by atoms with van der Waals surface area (Å²) in [5.74, 6) is 0.153. The standard InChI is InChI=1S/C27H23FN4O2S/c1-16-10-12-18(13-11-16)24-23(26-30-25(31-34-26)19-6-4-7-20(28)14-19)17(2)32(27(33)29-24)21-8-5-9-22(15-21)35-3/h4-15,24H,1-3H3,(H,29,33). The SMILES string of the molecule is CSc1cccc(N2C(=O)NC(c3ccc(C)cc3)C(c3nc(-c4cccc(F)c4)no3)=C2C)c1. The van der Waals surface area contributed by atoms with Gasteiger partial charge < -0.3 is 9.84 Å². The number of carbonyl (C=O) groups is 1. The molecule has 35 heavy (non-hydrogen) atoms. The zero-order valence-corrected chi connectivity index (χ0v) is 20.3. The molecule has 4 aromatic rings. The molecule has 0 spiro atoms. The molecule has 8 heteroatoms. The number of anilines is 1. The topological polar surface area (TPSA) is 71.3 Å². The molecule has 0 fully saturated rings. The van der Waals surface area contributed by atoms with Crippen molar-refractivity contribution in [1.29, 1.82) is 0 Å². The number of halogens is 1. The third-order valence-corrected chi connectivity index (χ3v) is 6.67. The number of thioether (sulfide) groups is 1. The highest BCUT2D eigenvalue weighted by Gasteiger charge is 2.36. The Bertz CT molecular complexity index is 1430. The van der Waals surface area contributed by atoms with Gasteiger partial charge in [-0.1, -0.05) is 53.2 Å². The van der Waals surface area contributed by atoms with Crippen LogP contribution in [-0.4, -0.2) is 22.4 Å². The maximum Gasteiger partial charge on any atom is 0.326 e. The lowest BCUT2D eigenvalue weighted by molar-refractivity contribution is 0.244. The van der Waals surface area contributed by atoms with Gasteiger partial charge in [0.2, 0.25) is 5.82 Å². The summed E-state index contributed by atoms with van der Waals surface area (Å²) in [5.41, 5.74) is 4.59. The summed E-state index contributed by atoms with van der Waals surface area (Å²) < 4.78 is 19.5. The molecule has 0 aliphatic carbocycles. The van der Waals surface area contributed by atoms with Crippen molar-refractivity contribution in [2.45, 2.75) is 24.8 Å². The van der Waals surface area contributed by atoms with Gasteiger partial charge in [0.25, 0.3) is 5.89 Å². The van der Waals surface area contributed by atoms with E-state index in [1.165, 1.54) is 12.1 Å². The summed E-state index contributed by atoms with van der Waals surface area (Å²) in [6.45, 7) is 3.88. The van der Waals surface area contributed by atoms with Gasteiger partial charge in [0, 0.05) is 16.2 Å². The van der Waals surface area contributed by atoms with Gasteiger partial charge in [0.1, 0.15) is 5.82 Å². The van der Waals surface area contributed by atoms with Crippen molar-refractivity contribution in [2.75, 3.05) is 11.2 Å². The maximum absolute atomic E-state index is 13.8. The predicted molar refractivity (Wildman–Crippen MR) is 135 cm³/mol. The molecule has 1 aliphatic heterocycles. The maximum atomic E-state index is 13.8. The fraction of sp³-hybridized carbons (Fsp3) is 0.148. The van der Waals surface area contributed by atoms with Gasteiger partial charge in [-0.3, -0.25) is 4.90 Å². The Balaban J connectivity index is 1.66. The summed E-state index contributed by atoms with van der Waals surface area (Å²) >= 11 is 1.60. The molecule has 5 rings (SSSR count). The molecule has 176 valence electrons. The van der Waals surface area contributed by atoms with Gasteiger partial charge in [-0.15, -0.1) is 11.8 Å². The van der Waals surface area contributed by atoms with Crippen LogP contribution in [0.25, 0.3) is 17.0 Å². The number of nitrogens with one attached hydrogen (secondary N) is 1. The Labute approximate surface area is 206 Å². The van der Waals surface area contributed by atoms with Gasteiger partial charge in [-0.05, 0) is 56.0 Å². The summed E-state index contributed by atoms with van der Waals surface area (Å²) in [5, 5.41) is 7.21. The van der Waals surface area contributed by atoms with Crippen LogP contribution < -0.4 is 10.2 Å². The van der Waals surface area contributed by atoms with E-state index in [4.69, 9.17) is 4.52 Å². The van der Waals surface area contributed by atoms with Crippen molar-refractivity contribution in [3.8, 4) is 11.4 Å². The zero-order valence-electron chi connectivity index (χ0n) is 19.4. The Morgan fingerprint density at radius 1 is 1.03 bits per heavy atom. The Hall–Kier alpha value is -3.91. The van der Waals surface area contributed by atoms with Crippen LogP contribution in [0.2, 0.25) is 0 Å². The Morgan fingerprint density at radius 2 is 1.80 bits per heavy atom. The van der Waals surface area contributed by atoms with Crippen molar-refractivity contribution in [3.05, 3.63) is 101 Å². The highest BCUT2D eigenvalue weighted by Crippen LogP contribution is 2.39. The summed E-state index contributed by atoms with van der Waals surface area (Å²) in [4.78, 5) is 20.6. The van der Waals surface area contributed by atoms with Gasteiger partial charge in [0.05, 0.1) is 17.3 Å². The molecular weight excluding hydrogens is 463 g/mol. The van der Waals surface area contributed by atoms with Crippen LogP contribution in [0.1, 0.15) is 30.0 Å². The molecule has 6 nitrogen and oxygen atoms in total. The van der Waals surface area contributed by atoms with E-state index < -0.39 is 6.04 Å². The molecule has 0 radical (unpaired) electrons. The fourth-order valence-electron chi connectivity index (χ4n) is 4.17. The molecule has 1 unspecified atom stereocenters. The molecule has 1 atom stereocenters. The quantitative estimate of drug-likeness (QED) is 0.322. The lowest BCUT2D eigenvalue weighted by Gasteiger charge is -2.35. The second kappa shape index (κ2) is 9.38. The van der Waals surface area contributed by atoms with Crippen LogP contribution in [0.3, 0.4) is 0 Å². The smallest absolute Gasteiger partial charge is 0.326 e. The normalized spacial score (nSPS) is 15.9. The monoisotopic (exact) mass is 486 g/mol. The number of aromatic nitrogens is 2. The average Bonchev–Trinajstić information content (AvgIpc) is 3.34. The third-order valence-electron chi connectivity index (χ3n) is 5.95. The van der Waals surface area contributed by atoms with Crippen molar-refractivity contribution >= 4 is 29.1 Å². The first kappa shape index (κ1) is 22.9. The minimum Gasteiger partial charge on any atom is -0.334 e. The zero-order chi connectivity index (χ0) is 24.5. The van der Waals surface area contributed by atoms with E-state index in [2.05, 4.69) is 15.5 Å². The van der Waals surface area contributed by atoms with E-state index in [1.54, 1.807) is 28.8 Å².